The summed E-state index contributed by atoms with van der Waals surface area (Å²) in [5.74, 6) is 2.88. The summed E-state index contributed by atoms with van der Waals surface area (Å²) in [6.45, 7) is 5.99. The summed E-state index contributed by atoms with van der Waals surface area (Å²) < 4.78 is 5.57. The van der Waals surface area contributed by atoms with Gasteiger partial charge in [0.15, 0.2) is 0 Å². The van der Waals surface area contributed by atoms with Gasteiger partial charge in [-0.2, -0.15) is 4.98 Å². The number of fused-ring (bicyclic) bond motifs is 1. The average molecular weight is 288 g/mol. The van der Waals surface area contributed by atoms with Crippen LogP contribution >= 0.6 is 11.3 Å². The molecule has 0 aliphatic carbocycles. The summed E-state index contributed by atoms with van der Waals surface area (Å²) in [6, 6.07) is 4.13. The lowest BCUT2D eigenvalue weighted by Crippen LogP contribution is -2.09. The van der Waals surface area contributed by atoms with Crippen LogP contribution in [0.1, 0.15) is 30.0 Å². The van der Waals surface area contributed by atoms with Gasteiger partial charge in [-0.1, -0.05) is 0 Å². The van der Waals surface area contributed by atoms with E-state index in [2.05, 4.69) is 22.2 Å². The molecule has 0 aliphatic heterocycles. The van der Waals surface area contributed by atoms with Gasteiger partial charge in [-0.05, 0) is 38.3 Å². The number of anilines is 2. The standard InChI is InChI=1S/C14H16N4OS/c1-7-6-11(9(3)19-7)8(2)16-12-10-4-5-20-13(10)18-14(15)17-12/h4-6,8H,1-3H3,(H3,15,16,17,18). The largest absolute Gasteiger partial charge is 0.466 e. The Morgan fingerprint density at radius 1 is 1.35 bits per heavy atom. The van der Waals surface area contributed by atoms with Crippen molar-refractivity contribution in [1.29, 1.82) is 0 Å². The third kappa shape index (κ3) is 2.22. The molecule has 0 spiro atoms. The Bertz CT molecular complexity index is 762. The van der Waals surface area contributed by atoms with Gasteiger partial charge in [-0.3, -0.25) is 0 Å². The Morgan fingerprint density at radius 2 is 2.15 bits per heavy atom. The molecule has 3 rings (SSSR count). The Morgan fingerprint density at radius 3 is 2.85 bits per heavy atom. The number of nitrogen functional groups attached to an aromatic ring is 1. The van der Waals surface area contributed by atoms with Crippen molar-refractivity contribution in [2.24, 2.45) is 0 Å². The average Bonchev–Trinajstić information content (AvgIpc) is 2.95. The van der Waals surface area contributed by atoms with E-state index in [0.717, 1.165) is 33.1 Å². The number of furan rings is 1. The molecule has 0 aliphatic rings. The molecule has 0 fully saturated rings. The third-order valence-corrected chi connectivity index (χ3v) is 4.05. The summed E-state index contributed by atoms with van der Waals surface area (Å²) >= 11 is 1.56. The summed E-state index contributed by atoms with van der Waals surface area (Å²) in [4.78, 5) is 9.43. The molecule has 0 aromatic carbocycles. The quantitative estimate of drug-likeness (QED) is 0.769. The van der Waals surface area contributed by atoms with Crippen molar-refractivity contribution in [2.75, 3.05) is 11.1 Å². The molecule has 3 heterocycles. The van der Waals surface area contributed by atoms with Crippen LogP contribution < -0.4 is 11.1 Å². The van der Waals surface area contributed by atoms with Crippen molar-refractivity contribution in [3.8, 4) is 0 Å². The van der Waals surface area contributed by atoms with Crippen LogP contribution in [0, 0.1) is 13.8 Å². The van der Waals surface area contributed by atoms with E-state index in [9.17, 15) is 0 Å². The smallest absolute Gasteiger partial charge is 0.223 e. The SMILES string of the molecule is Cc1cc(C(C)Nc2nc(N)nc3sccc23)c(C)o1. The summed E-state index contributed by atoms with van der Waals surface area (Å²) in [6.07, 6.45) is 0. The van der Waals surface area contributed by atoms with Crippen molar-refractivity contribution in [3.63, 3.8) is 0 Å². The van der Waals surface area contributed by atoms with E-state index in [1.165, 1.54) is 0 Å². The molecule has 0 saturated heterocycles. The molecular formula is C14H16N4OS. The van der Waals surface area contributed by atoms with E-state index < -0.39 is 0 Å². The van der Waals surface area contributed by atoms with E-state index in [1.807, 2.05) is 31.4 Å². The highest BCUT2D eigenvalue weighted by Crippen LogP contribution is 2.30. The highest BCUT2D eigenvalue weighted by atomic mass is 32.1. The fourth-order valence-electron chi connectivity index (χ4n) is 2.35. The van der Waals surface area contributed by atoms with Crippen molar-refractivity contribution >= 4 is 33.3 Å². The number of hydrogen-bond donors (Lipinski definition) is 2. The van der Waals surface area contributed by atoms with Gasteiger partial charge in [0.1, 0.15) is 22.2 Å². The zero-order valence-corrected chi connectivity index (χ0v) is 12.4. The maximum Gasteiger partial charge on any atom is 0.223 e. The molecule has 5 nitrogen and oxygen atoms in total. The van der Waals surface area contributed by atoms with Gasteiger partial charge in [0, 0.05) is 5.56 Å². The fraction of sp³-hybridized carbons (Fsp3) is 0.286. The minimum absolute atomic E-state index is 0.0878. The molecule has 3 N–H and O–H groups in total. The molecule has 0 radical (unpaired) electrons. The van der Waals surface area contributed by atoms with Crippen LogP contribution in [0.2, 0.25) is 0 Å². The highest BCUT2D eigenvalue weighted by molar-refractivity contribution is 7.16. The number of rotatable bonds is 3. The molecular weight excluding hydrogens is 272 g/mol. The second-order valence-electron chi connectivity index (χ2n) is 4.80. The number of aryl methyl sites for hydroxylation is 2. The molecule has 1 unspecified atom stereocenters. The lowest BCUT2D eigenvalue weighted by atomic mass is 10.1. The lowest BCUT2D eigenvalue weighted by Gasteiger charge is -2.14. The topological polar surface area (TPSA) is 77.0 Å². The Kier molecular flexibility index (Phi) is 3.10. The predicted octanol–water partition coefficient (Wildman–Crippen LogP) is 3.66. The second-order valence-corrected chi connectivity index (χ2v) is 5.70. The van der Waals surface area contributed by atoms with E-state index in [4.69, 9.17) is 10.2 Å². The number of nitrogens with zero attached hydrogens (tertiary/aromatic N) is 2. The van der Waals surface area contributed by atoms with Gasteiger partial charge >= 0.3 is 0 Å². The van der Waals surface area contributed by atoms with Crippen LogP contribution in [0.4, 0.5) is 11.8 Å². The van der Waals surface area contributed by atoms with E-state index >= 15 is 0 Å². The van der Waals surface area contributed by atoms with E-state index in [1.54, 1.807) is 11.3 Å². The maximum atomic E-state index is 5.76. The first-order valence-corrected chi connectivity index (χ1v) is 7.26. The van der Waals surface area contributed by atoms with Crippen molar-refractivity contribution in [3.05, 3.63) is 34.6 Å². The normalized spacial score (nSPS) is 12.8. The van der Waals surface area contributed by atoms with Gasteiger partial charge in [0.05, 0.1) is 11.4 Å². The summed E-state index contributed by atoms with van der Waals surface area (Å²) in [5.41, 5.74) is 6.89. The maximum absolute atomic E-state index is 5.76. The van der Waals surface area contributed by atoms with Crippen LogP contribution in [0.3, 0.4) is 0 Å². The first-order chi connectivity index (χ1) is 9.54. The van der Waals surface area contributed by atoms with E-state index in [-0.39, 0.29) is 12.0 Å². The minimum Gasteiger partial charge on any atom is -0.466 e. The summed E-state index contributed by atoms with van der Waals surface area (Å²) in [7, 11) is 0. The fourth-order valence-corrected chi connectivity index (χ4v) is 3.12. The second kappa shape index (κ2) is 4.79. The molecule has 1 atom stereocenters. The van der Waals surface area contributed by atoms with Crippen LogP contribution in [-0.4, -0.2) is 9.97 Å². The Hall–Kier alpha value is -2.08. The zero-order valence-electron chi connectivity index (χ0n) is 11.6. The van der Waals surface area contributed by atoms with Gasteiger partial charge in [0.2, 0.25) is 5.95 Å². The summed E-state index contributed by atoms with van der Waals surface area (Å²) in [5, 5.41) is 6.38. The monoisotopic (exact) mass is 288 g/mol. The first kappa shape index (κ1) is 12.9. The molecule has 104 valence electrons. The number of aromatic nitrogens is 2. The van der Waals surface area contributed by atoms with Gasteiger partial charge in [0.25, 0.3) is 0 Å². The van der Waals surface area contributed by atoms with Gasteiger partial charge < -0.3 is 15.5 Å². The first-order valence-electron chi connectivity index (χ1n) is 6.39. The van der Waals surface area contributed by atoms with Gasteiger partial charge in [-0.25, -0.2) is 4.98 Å². The predicted molar refractivity (Wildman–Crippen MR) is 82.0 cm³/mol. The number of hydrogen-bond acceptors (Lipinski definition) is 6. The van der Waals surface area contributed by atoms with Crippen molar-refractivity contribution in [2.45, 2.75) is 26.8 Å². The molecule has 3 aromatic rings. The molecule has 0 bridgehead atoms. The zero-order chi connectivity index (χ0) is 14.3. The molecule has 0 amide bonds. The molecule has 0 saturated carbocycles. The highest BCUT2D eigenvalue weighted by Gasteiger charge is 2.15. The minimum atomic E-state index is 0.0878. The molecule has 6 heteroatoms. The third-order valence-electron chi connectivity index (χ3n) is 3.24. The molecule has 20 heavy (non-hydrogen) atoms. The lowest BCUT2D eigenvalue weighted by molar-refractivity contribution is 0.500. The van der Waals surface area contributed by atoms with Gasteiger partial charge in [-0.15, -0.1) is 11.3 Å². The number of thiophene rings is 1. The van der Waals surface area contributed by atoms with Crippen molar-refractivity contribution < 1.29 is 4.42 Å². The number of nitrogens with one attached hydrogen (secondary N) is 1. The number of nitrogens with two attached hydrogens (primary N) is 1. The van der Waals surface area contributed by atoms with E-state index in [0.29, 0.717) is 0 Å². The van der Waals surface area contributed by atoms with Crippen LogP contribution in [0.5, 0.6) is 0 Å². The van der Waals surface area contributed by atoms with Crippen LogP contribution in [0.25, 0.3) is 10.2 Å². The van der Waals surface area contributed by atoms with Crippen LogP contribution in [-0.2, 0) is 0 Å². The Balaban J connectivity index is 1.96. The molecule has 3 aromatic heterocycles. The Labute approximate surface area is 120 Å². The van der Waals surface area contributed by atoms with Crippen molar-refractivity contribution in [1.82, 2.24) is 9.97 Å². The van der Waals surface area contributed by atoms with Crippen LogP contribution in [0.15, 0.2) is 21.9 Å².